The van der Waals surface area contributed by atoms with Crippen LogP contribution in [0.25, 0.3) is 0 Å². The number of nitrogens with zero attached hydrogens (tertiary/aromatic N) is 1. The molecule has 0 bridgehead atoms. The van der Waals surface area contributed by atoms with E-state index in [1.54, 1.807) is 32.0 Å². The molecular weight excluding hydrogens is 424 g/mol. The van der Waals surface area contributed by atoms with Gasteiger partial charge in [-0.3, -0.25) is 9.10 Å². The highest BCUT2D eigenvalue weighted by Gasteiger charge is 2.32. The van der Waals surface area contributed by atoms with E-state index < -0.39 is 16.1 Å². The molecule has 0 fully saturated rings. The fourth-order valence-corrected chi connectivity index (χ4v) is 4.60. The molecule has 0 saturated heterocycles. The van der Waals surface area contributed by atoms with Crippen molar-refractivity contribution in [1.29, 1.82) is 0 Å². The summed E-state index contributed by atoms with van der Waals surface area (Å²) in [6.07, 6.45) is 1.40. The first-order valence-corrected chi connectivity index (χ1v) is 12.0. The Kier molecular flexibility index (Phi) is 8.15. The van der Waals surface area contributed by atoms with Crippen molar-refractivity contribution < 1.29 is 17.9 Å². The quantitative estimate of drug-likeness (QED) is 0.583. The predicted molar refractivity (Wildman–Crippen MR) is 122 cm³/mol. The SMILES string of the molecule is CCC(C(=O)NCCOc1cc(C)ccc1C)N(c1cc(Cl)ccc1C)S(C)(=O)=O. The van der Waals surface area contributed by atoms with Crippen molar-refractivity contribution in [1.82, 2.24) is 5.32 Å². The molecule has 8 heteroatoms. The average Bonchev–Trinajstić information content (AvgIpc) is 2.66. The highest BCUT2D eigenvalue weighted by atomic mass is 35.5. The maximum atomic E-state index is 12.9. The molecule has 0 spiro atoms. The third kappa shape index (κ3) is 6.12. The number of ether oxygens (including phenoxy) is 1. The summed E-state index contributed by atoms with van der Waals surface area (Å²) in [6.45, 7) is 8.03. The van der Waals surface area contributed by atoms with Gasteiger partial charge in [0.15, 0.2) is 0 Å². The zero-order valence-electron chi connectivity index (χ0n) is 18.0. The fourth-order valence-electron chi connectivity index (χ4n) is 3.17. The summed E-state index contributed by atoms with van der Waals surface area (Å²) >= 11 is 6.08. The van der Waals surface area contributed by atoms with E-state index in [-0.39, 0.29) is 19.1 Å². The third-order valence-corrected chi connectivity index (χ3v) is 6.14. The molecule has 1 unspecified atom stereocenters. The van der Waals surface area contributed by atoms with E-state index in [2.05, 4.69) is 5.32 Å². The number of nitrogens with one attached hydrogen (secondary N) is 1. The summed E-state index contributed by atoms with van der Waals surface area (Å²) in [6, 6.07) is 10.0. The Morgan fingerprint density at radius 2 is 1.80 bits per heavy atom. The van der Waals surface area contributed by atoms with Crippen LogP contribution in [0.15, 0.2) is 36.4 Å². The summed E-state index contributed by atoms with van der Waals surface area (Å²) in [5.41, 5.74) is 3.22. The van der Waals surface area contributed by atoms with Crippen LogP contribution in [-0.2, 0) is 14.8 Å². The van der Waals surface area contributed by atoms with E-state index in [0.717, 1.165) is 27.4 Å². The number of carbonyl (C=O) groups excluding carboxylic acids is 1. The van der Waals surface area contributed by atoms with E-state index in [9.17, 15) is 13.2 Å². The van der Waals surface area contributed by atoms with E-state index in [0.29, 0.717) is 22.7 Å². The van der Waals surface area contributed by atoms with E-state index >= 15 is 0 Å². The summed E-state index contributed by atoms with van der Waals surface area (Å²) in [5, 5.41) is 3.20. The number of sulfonamides is 1. The van der Waals surface area contributed by atoms with Crippen molar-refractivity contribution in [3.8, 4) is 5.75 Å². The monoisotopic (exact) mass is 452 g/mol. The summed E-state index contributed by atoms with van der Waals surface area (Å²) < 4.78 is 32.0. The van der Waals surface area contributed by atoms with Gasteiger partial charge in [-0.05, 0) is 62.1 Å². The first-order chi connectivity index (χ1) is 14.0. The molecule has 1 amide bonds. The Hall–Kier alpha value is -2.25. The van der Waals surface area contributed by atoms with E-state index in [1.807, 2.05) is 32.0 Å². The molecule has 0 aliphatic heterocycles. The van der Waals surface area contributed by atoms with Gasteiger partial charge in [-0.15, -0.1) is 0 Å². The molecule has 1 N–H and O–H groups in total. The molecule has 0 radical (unpaired) electrons. The Bertz CT molecular complexity index is 1010. The maximum absolute atomic E-state index is 12.9. The van der Waals surface area contributed by atoms with Gasteiger partial charge in [-0.25, -0.2) is 8.42 Å². The van der Waals surface area contributed by atoms with Crippen LogP contribution in [0.1, 0.15) is 30.0 Å². The minimum atomic E-state index is -3.71. The lowest BCUT2D eigenvalue weighted by Crippen LogP contribution is -2.50. The van der Waals surface area contributed by atoms with Crippen LogP contribution in [0.3, 0.4) is 0 Å². The number of hydrogen-bond donors (Lipinski definition) is 1. The smallest absolute Gasteiger partial charge is 0.244 e. The van der Waals surface area contributed by atoms with Gasteiger partial charge in [-0.1, -0.05) is 36.7 Å². The van der Waals surface area contributed by atoms with Gasteiger partial charge in [0, 0.05) is 5.02 Å². The van der Waals surface area contributed by atoms with Crippen LogP contribution in [0.5, 0.6) is 5.75 Å². The van der Waals surface area contributed by atoms with Crippen molar-refractivity contribution in [2.75, 3.05) is 23.7 Å². The molecule has 0 aliphatic rings. The number of halogens is 1. The lowest BCUT2D eigenvalue weighted by molar-refractivity contribution is -0.122. The third-order valence-electron chi connectivity index (χ3n) is 4.74. The number of benzene rings is 2. The van der Waals surface area contributed by atoms with E-state index in [4.69, 9.17) is 16.3 Å². The molecule has 0 aromatic heterocycles. The van der Waals surface area contributed by atoms with Crippen LogP contribution in [-0.4, -0.2) is 39.8 Å². The summed E-state index contributed by atoms with van der Waals surface area (Å²) in [7, 11) is -3.71. The van der Waals surface area contributed by atoms with Crippen LogP contribution < -0.4 is 14.4 Å². The molecule has 2 aromatic rings. The fraction of sp³-hybridized carbons (Fsp3) is 0.409. The van der Waals surface area contributed by atoms with Crippen molar-refractivity contribution in [3.63, 3.8) is 0 Å². The highest BCUT2D eigenvalue weighted by Crippen LogP contribution is 2.29. The van der Waals surface area contributed by atoms with Gasteiger partial charge in [0.25, 0.3) is 0 Å². The number of carbonyl (C=O) groups is 1. The topological polar surface area (TPSA) is 75.7 Å². The number of anilines is 1. The zero-order chi connectivity index (χ0) is 22.5. The van der Waals surface area contributed by atoms with Crippen molar-refractivity contribution >= 4 is 33.2 Å². The first-order valence-electron chi connectivity index (χ1n) is 9.78. The Morgan fingerprint density at radius 3 is 2.43 bits per heavy atom. The van der Waals surface area contributed by atoms with Crippen molar-refractivity contribution in [3.05, 3.63) is 58.1 Å². The van der Waals surface area contributed by atoms with Gasteiger partial charge in [-0.2, -0.15) is 0 Å². The van der Waals surface area contributed by atoms with Crippen molar-refractivity contribution in [2.24, 2.45) is 0 Å². The number of aryl methyl sites for hydroxylation is 3. The molecule has 1 atom stereocenters. The van der Waals surface area contributed by atoms with Gasteiger partial charge >= 0.3 is 0 Å². The lowest BCUT2D eigenvalue weighted by atomic mass is 10.1. The van der Waals surface area contributed by atoms with Gasteiger partial charge < -0.3 is 10.1 Å². The minimum Gasteiger partial charge on any atom is -0.491 e. The van der Waals surface area contributed by atoms with Crippen LogP contribution in [0.4, 0.5) is 5.69 Å². The largest absolute Gasteiger partial charge is 0.491 e. The van der Waals surface area contributed by atoms with Crippen LogP contribution in [0, 0.1) is 20.8 Å². The second-order valence-corrected chi connectivity index (χ2v) is 9.62. The normalized spacial score (nSPS) is 12.3. The molecule has 2 rings (SSSR count). The minimum absolute atomic E-state index is 0.259. The van der Waals surface area contributed by atoms with E-state index in [1.165, 1.54) is 0 Å². The molecule has 6 nitrogen and oxygen atoms in total. The Balaban J connectivity index is 2.12. The maximum Gasteiger partial charge on any atom is 0.244 e. The number of hydrogen-bond acceptors (Lipinski definition) is 4. The summed E-state index contributed by atoms with van der Waals surface area (Å²) in [5.74, 6) is 0.385. The number of rotatable bonds is 9. The molecule has 0 aliphatic carbocycles. The standard InChI is InChI=1S/C22H29ClN2O4S/c1-6-19(25(30(5,27)28)20-14-18(23)10-9-16(20)3)22(26)24-11-12-29-21-13-15(2)7-8-17(21)4/h7-10,13-14,19H,6,11-12H2,1-5H3,(H,24,26). The van der Waals surface area contributed by atoms with Crippen molar-refractivity contribution in [2.45, 2.75) is 40.2 Å². The highest BCUT2D eigenvalue weighted by molar-refractivity contribution is 7.92. The molecule has 2 aromatic carbocycles. The number of amides is 1. The lowest BCUT2D eigenvalue weighted by Gasteiger charge is -2.31. The van der Waals surface area contributed by atoms with Gasteiger partial charge in [0.05, 0.1) is 18.5 Å². The van der Waals surface area contributed by atoms with Gasteiger partial charge in [0.2, 0.25) is 15.9 Å². The second-order valence-electron chi connectivity index (χ2n) is 7.32. The zero-order valence-corrected chi connectivity index (χ0v) is 19.6. The average molecular weight is 453 g/mol. The Morgan fingerprint density at radius 1 is 1.13 bits per heavy atom. The molecular formula is C22H29ClN2O4S. The first kappa shape index (κ1) is 24.0. The van der Waals surface area contributed by atoms with Crippen LogP contribution >= 0.6 is 11.6 Å². The molecule has 0 heterocycles. The molecule has 0 saturated carbocycles. The second kappa shape index (κ2) is 10.2. The Labute approximate surface area is 184 Å². The predicted octanol–water partition coefficient (Wildman–Crippen LogP) is 4.01. The van der Waals surface area contributed by atoms with Crippen LogP contribution in [0.2, 0.25) is 5.02 Å². The molecule has 30 heavy (non-hydrogen) atoms. The molecule has 164 valence electrons. The summed E-state index contributed by atoms with van der Waals surface area (Å²) in [4.78, 5) is 12.9. The van der Waals surface area contributed by atoms with Gasteiger partial charge in [0.1, 0.15) is 18.4 Å².